The second kappa shape index (κ2) is 11.2. The maximum absolute atomic E-state index is 13.3. The number of pyridine rings is 1. The Morgan fingerprint density at radius 2 is 2.03 bits per heavy atom. The van der Waals surface area contributed by atoms with Crippen molar-refractivity contribution in [3.8, 4) is 17.2 Å². The summed E-state index contributed by atoms with van der Waals surface area (Å²) < 4.78 is 28.4. The number of methoxy groups -OCH3 is 1. The number of benzene rings is 1. The highest BCUT2D eigenvalue weighted by Gasteiger charge is 2.31. The van der Waals surface area contributed by atoms with Crippen LogP contribution in [-0.2, 0) is 27.4 Å². The normalized spacial score (nSPS) is 21.2. The summed E-state index contributed by atoms with van der Waals surface area (Å²) in [5.41, 5.74) is 1.88. The van der Waals surface area contributed by atoms with Crippen molar-refractivity contribution < 1.29 is 28.5 Å². The first-order valence-electron chi connectivity index (χ1n) is 12.2. The predicted octanol–water partition coefficient (Wildman–Crippen LogP) is 2.48. The van der Waals surface area contributed by atoms with Gasteiger partial charge in [-0.3, -0.25) is 14.7 Å². The van der Waals surface area contributed by atoms with E-state index in [1.54, 1.807) is 13.3 Å². The van der Waals surface area contributed by atoms with Gasteiger partial charge in [-0.1, -0.05) is 6.07 Å². The van der Waals surface area contributed by atoms with Gasteiger partial charge in [-0.25, -0.2) is 0 Å². The molecule has 1 aromatic carbocycles. The van der Waals surface area contributed by atoms with Crippen molar-refractivity contribution in [3.05, 3.63) is 47.8 Å². The molecule has 2 fully saturated rings. The molecule has 4 heterocycles. The molecule has 3 aliphatic rings. The van der Waals surface area contributed by atoms with Crippen molar-refractivity contribution in [2.45, 2.75) is 32.1 Å². The first-order valence-corrected chi connectivity index (χ1v) is 12.2. The molecule has 5 rings (SSSR count). The van der Waals surface area contributed by atoms with E-state index < -0.39 is 0 Å². The first-order chi connectivity index (χ1) is 17.2. The fourth-order valence-corrected chi connectivity index (χ4v) is 4.91. The number of hydrogen-bond acceptors (Lipinski definition) is 8. The summed E-state index contributed by atoms with van der Waals surface area (Å²) in [6.07, 6.45) is 3.62. The van der Waals surface area contributed by atoms with Crippen molar-refractivity contribution in [2.24, 2.45) is 5.92 Å². The zero-order valence-electron chi connectivity index (χ0n) is 20.2. The predicted molar refractivity (Wildman–Crippen MR) is 127 cm³/mol. The number of amides is 1. The van der Waals surface area contributed by atoms with Crippen molar-refractivity contribution in [1.29, 1.82) is 0 Å². The van der Waals surface area contributed by atoms with Crippen LogP contribution in [0.4, 0.5) is 0 Å². The summed E-state index contributed by atoms with van der Waals surface area (Å²) in [4.78, 5) is 21.8. The van der Waals surface area contributed by atoms with Crippen molar-refractivity contribution in [2.75, 3.05) is 53.3 Å². The minimum atomic E-state index is -0.126. The van der Waals surface area contributed by atoms with Gasteiger partial charge in [0.05, 0.1) is 32.1 Å². The summed E-state index contributed by atoms with van der Waals surface area (Å²) in [7, 11) is 1.62. The van der Waals surface area contributed by atoms with E-state index in [4.69, 9.17) is 23.7 Å². The maximum Gasteiger partial charge on any atom is 0.236 e. The highest BCUT2D eigenvalue weighted by molar-refractivity contribution is 5.78. The molecule has 2 aromatic rings. The maximum atomic E-state index is 13.3. The molecule has 1 amide bonds. The molecule has 1 aromatic heterocycles. The lowest BCUT2D eigenvalue weighted by Gasteiger charge is -2.30. The second-order valence-electron chi connectivity index (χ2n) is 9.31. The summed E-state index contributed by atoms with van der Waals surface area (Å²) >= 11 is 0. The zero-order valence-corrected chi connectivity index (χ0v) is 20.2. The van der Waals surface area contributed by atoms with E-state index in [2.05, 4.69) is 9.88 Å². The monoisotopic (exact) mass is 483 g/mol. The minimum absolute atomic E-state index is 0.126. The Labute approximate surface area is 205 Å². The van der Waals surface area contributed by atoms with Gasteiger partial charge in [-0.05, 0) is 48.6 Å². The smallest absolute Gasteiger partial charge is 0.236 e. The van der Waals surface area contributed by atoms with Gasteiger partial charge in [-0.2, -0.15) is 0 Å². The quantitative estimate of drug-likeness (QED) is 0.567. The van der Waals surface area contributed by atoms with Crippen LogP contribution < -0.4 is 14.2 Å². The highest BCUT2D eigenvalue weighted by atomic mass is 16.7. The lowest BCUT2D eigenvalue weighted by atomic mass is 9.99. The fourth-order valence-electron chi connectivity index (χ4n) is 4.91. The average Bonchev–Trinajstić information content (AvgIpc) is 3.30. The van der Waals surface area contributed by atoms with Gasteiger partial charge in [0, 0.05) is 45.6 Å². The molecule has 188 valence electrons. The number of aromatic nitrogens is 1. The summed E-state index contributed by atoms with van der Waals surface area (Å²) in [5.74, 6) is 2.54. The standard InChI is InChI=1S/C26H33N3O6/c1-31-23-10-20(11-24-26(23)35-18-34-24)12-28-14-22(33-17-21-4-2-3-7-27-21)15-29(25(30)16-28)13-19-5-8-32-9-6-19/h2-4,7,10-11,19,22H,5-6,8-9,12-18H2,1H3/t22-/m1/s1. The van der Waals surface area contributed by atoms with Crippen LogP contribution in [0, 0.1) is 5.92 Å². The Bertz CT molecular complexity index is 998. The van der Waals surface area contributed by atoms with Gasteiger partial charge < -0.3 is 28.6 Å². The SMILES string of the molecule is COc1cc(CN2CC(=O)N(CC3CCOCC3)C[C@H](OCc3ccccn3)C2)cc2c1OCO2. The molecule has 0 spiro atoms. The molecule has 9 heteroatoms. The summed E-state index contributed by atoms with van der Waals surface area (Å²) in [6.45, 7) is 5.00. The molecule has 0 saturated carbocycles. The minimum Gasteiger partial charge on any atom is -0.493 e. The molecule has 0 radical (unpaired) electrons. The van der Waals surface area contributed by atoms with E-state index in [1.807, 2.05) is 35.2 Å². The van der Waals surface area contributed by atoms with Crippen LogP contribution in [0.25, 0.3) is 0 Å². The number of hydrogen-bond donors (Lipinski definition) is 0. The molecule has 0 bridgehead atoms. The molecule has 0 aliphatic carbocycles. The lowest BCUT2D eigenvalue weighted by Crippen LogP contribution is -2.42. The van der Waals surface area contributed by atoms with Crippen LogP contribution in [0.15, 0.2) is 36.5 Å². The summed E-state index contributed by atoms with van der Waals surface area (Å²) in [6, 6.07) is 9.72. The topological polar surface area (TPSA) is 82.6 Å². The van der Waals surface area contributed by atoms with E-state index in [0.29, 0.717) is 56.0 Å². The number of ether oxygens (including phenoxy) is 5. The van der Waals surface area contributed by atoms with Crippen molar-refractivity contribution in [1.82, 2.24) is 14.8 Å². The fraction of sp³-hybridized carbons (Fsp3) is 0.538. The Balaban J connectivity index is 1.31. The molecular weight excluding hydrogens is 450 g/mol. The van der Waals surface area contributed by atoms with Gasteiger partial charge in [0.25, 0.3) is 0 Å². The van der Waals surface area contributed by atoms with Gasteiger partial charge in [0.15, 0.2) is 11.5 Å². The molecule has 0 unspecified atom stereocenters. The molecule has 2 saturated heterocycles. The number of rotatable bonds is 8. The van der Waals surface area contributed by atoms with Crippen molar-refractivity contribution >= 4 is 5.91 Å². The number of carbonyl (C=O) groups excluding carboxylic acids is 1. The third-order valence-corrected chi connectivity index (χ3v) is 6.73. The van der Waals surface area contributed by atoms with E-state index in [-0.39, 0.29) is 18.8 Å². The third-order valence-electron chi connectivity index (χ3n) is 6.73. The molecule has 35 heavy (non-hydrogen) atoms. The van der Waals surface area contributed by atoms with Crippen LogP contribution in [0.3, 0.4) is 0 Å². The van der Waals surface area contributed by atoms with Crippen LogP contribution in [0.1, 0.15) is 24.1 Å². The van der Waals surface area contributed by atoms with Crippen LogP contribution >= 0.6 is 0 Å². The molecule has 9 nitrogen and oxygen atoms in total. The molecule has 0 N–H and O–H groups in total. The van der Waals surface area contributed by atoms with Crippen LogP contribution in [0.2, 0.25) is 0 Å². The van der Waals surface area contributed by atoms with Gasteiger partial charge in [-0.15, -0.1) is 0 Å². The third kappa shape index (κ3) is 6.04. The average molecular weight is 484 g/mol. The van der Waals surface area contributed by atoms with Crippen molar-refractivity contribution in [3.63, 3.8) is 0 Å². The lowest BCUT2D eigenvalue weighted by molar-refractivity contribution is -0.133. The van der Waals surface area contributed by atoms with E-state index >= 15 is 0 Å². The molecular formula is C26H33N3O6. The number of fused-ring (bicyclic) bond motifs is 1. The molecule has 1 atom stereocenters. The van der Waals surface area contributed by atoms with Crippen LogP contribution in [-0.4, -0.2) is 80.1 Å². The first kappa shape index (κ1) is 23.8. The second-order valence-corrected chi connectivity index (χ2v) is 9.31. The largest absolute Gasteiger partial charge is 0.493 e. The summed E-state index contributed by atoms with van der Waals surface area (Å²) in [5, 5.41) is 0. The van der Waals surface area contributed by atoms with Crippen LogP contribution in [0.5, 0.6) is 17.2 Å². The van der Waals surface area contributed by atoms with E-state index in [1.165, 1.54) is 0 Å². The van der Waals surface area contributed by atoms with Gasteiger partial charge in [0.2, 0.25) is 18.4 Å². The van der Waals surface area contributed by atoms with Gasteiger partial charge >= 0.3 is 0 Å². The Morgan fingerprint density at radius 3 is 2.83 bits per heavy atom. The Kier molecular flexibility index (Phi) is 7.66. The Hall–Kier alpha value is -2.88. The van der Waals surface area contributed by atoms with Gasteiger partial charge in [0.1, 0.15) is 0 Å². The molecule has 3 aliphatic heterocycles. The van der Waals surface area contributed by atoms with E-state index in [0.717, 1.165) is 43.9 Å². The Morgan fingerprint density at radius 1 is 1.14 bits per heavy atom. The highest BCUT2D eigenvalue weighted by Crippen LogP contribution is 2.42. The number of nitrogens with zero attached hydrogens (tertiary/aromatic N) is 3. The number of carbonyl (C=O) groups is 1. The zero-order chi connectivity index (χ0) is 24.0. The van der Waals surface area contributed by atoms with E-state index in [9.17, 15) is 4.79 Å².